The molecule has 0 amide bonds. The van der Waals surface area contributed by atoms with Gasteiger partial charge in [0, 0.05) is 27.3 Å². The molecule has 7 heteroatoms. The Bertz CT molecular complexity index is 400. The molecule has 0 aromatic rings. The standard InChI is InChI=1S/C11H19N7/c1-5-6-7-18(4)17-11(14-2)9(8-12)10(13)16-15-3/h5-7,15-16H,1,13H2,2-4H3,(H,14,17)/b7-6-,10-9-. The molecule has 0 radical (unpaired) electrons. The number of nitrogens with one attached hydrogen (secondary N) is 3. The van der Waals surface area contributed by atoms with Gasteiger partial charge < -0.3 is 11.2 Å². The average Bonchev–Trinajstić information content (AvgIpc) is 2.36. The summed E-state index contributed by atoms with van der Waals surface area (Å²) >= 11 is 0. The normalized spacial score (nSPS) is 12.7. The van der Waals surface area contributed by atoms with Crippen molar-refractivity contribution in [3.8, 4) is 6.07 Å². The number of hydrogen-bond acceptors (Lipinski definition) is 6. The molecule has 0 saturated heterocycles. The molecule has 0 rings (SSSR count). The predicted octanol–water partition coefficient (Wildman–Crippen LogP) is -0.431. The van der Waals surface area contributed by atoms with Crippen molar-refractivity contribution in [2.75, 3.05) is 21.1 Å². The van der Waals surface area contributed by atoms with E-state index in [1.54, 1.807) is 44.5 Å². The van der Waals surface area contributed by atoms with E-state index in [0.717, 1.165) is 0 Å². The highest BCUT2D eigenvalue weighted by Gasteiger charge is 2.11. The number of amidine groups is 1. The SMILES string of the molecule is C=C/C=C\N(C)NC(=N/C)/C(C#N)=C(/N)NNC. The first kappa shape index (κ1) is 15.5. The van der Waals surface area contributed by atoms with Crippen LogP contribution < -0.4 is 22.0 Å². The van der Waals surface area contributed by atoms with Crippen molar-refractivity contribution in [3.63, 3.8) is 0 Å². The first-order chi connectivity index (χ1) is 8.60. The lowest BCUT2D eigenvalue weighted by atomic mass is 10.2. The summed E-state index contributed by atoms with van der Waals surface area (Å²) in [6.07, 6.45) is 5.11. The van der Waals surface area contributed by atoms with E-state index < -0.39 is 0 Å². The quantitative estimate of drug-likeness (QED) is 0.167. The van der Waals surface area contributed by atoms with Crippen LogP contribution in [0.1, 0.15) is 0 Å². The van der Waals surface area contributed by atoms with Crippen molar-refractivity contribution in [1.82, 2.24) is 21.3 Å². The Balaban J connectivity index is 4.98. The maximum absolute atomic E-state index is 9.08. The number of aliphatic imine (C=N–C) groups is 1. The van der Waals surface area contributed by atoms with Crippen LogP contribution in [-0.4, -0.2) is 32.0 Å². The molecular weight excluding hydrogens is 230 g/mol. The van der Waals surface area contributed by atoms with Crippen LogP contribution in [0.15, 0.2) is 41.3 Å². The maximum Gasteiger partial charge on any atom is 0.161 e. The Labute approximate surface area is 107 Å². The van der Waals surface area contributed by atoms with Crippen molar-refractivity contribution in [3.05, 3.63) is 36.3 Å². The molecule has 0 fully saturated rings. The smallest absolute Gasteiger partial charge is 0.161 e. The van der Waals surface area contributed by atoms with Gasteiger partial charge in [-0.2, -0.15) is 5.26 Å². The van der Waals surface area contributed by atoms with Gasteiger partial charge in [0.05, 0.1) is 0 Å². The van der Waals surface area contributed by atoms with E-state index in [1.807, 2.05) is 6.07 Å². The summed E-state index contributed by atoms with van der Waals surface area (Å²) in [6.45, 7) is 3.56. The molecule has 0 aliphatic rings. The van der Waals surface area contributed by atoms with E-state index in [4.69, 9.17) is 11.0 Å². The van der Waals surface area contributed by atoms with Crippen molar-refractivity contribution in [2.24, 2.45) is 10.7 Å². The number of nitrogens with zero attached hydrogens (tertiary/aromatic N) is 3. The van der Waals surface area contributed by atoms with Gasteiger partial charge in [0.25, 0.3) is 0 Å². The van der Waals surface area contributed by atoms with Gasteiger partial charge in [-0.25, -0.2) is 5.43 Å². The van der Waals surface area contributed by atoms with Crippen LogP contribution in [0.5, 0.6) is 0 Å². The fraction of sp³-hybridized carbons (Fsp3) is 0.273. The van der Waals surface area contributed by atoms with E-state index in [9.17, 15) is 0 Å². The minimum absolute atomic E-state index is 0.189. The van der Waals surface area contributed by atoms with Gasteiger partial charge in [0.2, 0.25) is 0 Å². The largest absolute Gasteiger partial charge is 0.383 e. The zero-order chi connectivity index (χ0) is 14.0. The third kappa shape index (κ3) is 5.05. The number of rotatable bonds is 6. The monoisotopic (exact) mass is 249 g/mol. The molecular formula is C11H19N7. The summed E-state index contributed by atoms with van der Waals surface area (Å²) in [4.78, 5) is 3.99. The highest BCUT2D eigenvalue weighted by atomic mass is 15.5. The van der Waals surface area contributed by atoms with Crippen molar-refractivity contribution < 1.29 is 0 Å². The second kappa shape index (κ2) is 8.66. The predicted molar refractivity (Wildman–Crippen MR) is 72.6 cm³/mol. The van der Waals surface area contributed by atoms with E-state index in [0.29, 0.717) is 5.84 Å². The lowest BCUT2D eigenvalue weighted by Gasteiger charge is -2.18. The summed E-state index contributed by atoms with van der Waals surface area (Å²) in [5.41, 5.74) is 14.1. The second-order valence-electron chi connectivity index (χ2n) is 3.15. The lowest BCUT2D eigenvalue weighted by molar-refractivity contribution is 0.408. The first-order valence-corrected chi connectivity index (χ1v) is 5.19. The average molecular weight is 249 g/mol. The third-order valence-electron chi connectivity index (χ3n) is 1.83. The van der Waals surface area contributed by atoms with Gasteiger partial charge in [-0.05, 0) is 6.08 Å². The van der Waals surface area contributed by atoms with Crippen LogP contribution in [0.4, 0.5) is 0 Å². The zero-order valence-electron chi connectivity index (χ0n) is 10.9. The van der Waals surface area contributed by atoms with Gasteiger partial charge in [-0.1, -0.05) is 12.7 Å². The fourth-order valence-electron chi connectivity index (χ4n) is 1.05. The van der Waals surface area contributed by atoms with Gasteiger partial charge in [0.15, 0.2) is 5.84 Å². The molecule has 5 N–H and O–H groups in total. The number of allylic oxidation sites excluding steroid dienone is 2. The molecule has 0 aromatic carbocycles. The zero-order valence-corrected chi connectivity index (χ0v) is 10.9. The Kier molecular flexibility index (Phi) is 7.48. The third-order valence-corrected chi connectivity index (χ3v) is 1.83. The molecule has 0 heterocycles. The highest BCUT2D eigenvalue weighted by molar-refractivity contribution is 6.01. The van der Waals surface area contributed by atoms with E-state index in [-0.39, 0.29) is 11.4 Å². The molecule has 0 aromatic heterocycles. The van der Waals surface area contributed by atoms with Gasteiger partial charge in [-0.15, -0.1) is 0 Å². The molecule has 0 spiro atoms. The van der Waals surface area contributed by atoms with Crippen molar-refractivity contribution in [1.29, 1.82) is 5.26 Å². The summed E-state index contributed by atoms with van der Waals surface area (Å²) in [6, 6.07) is 1.99. The molecule has 18 heavy (non-hydrogen) atoms. The fourth-order valence-corrected chi connectivity index (χ4v) is 1.05. The molecule has 98 valence electrons. The number of nitrogens with two attached hydrogens (primary N) is 1. The van der Waals surface area contributed by atoms with E-state index in [2.05, 4.69) is 27.8 Å². The summed E-state index contributed by atoms with van der Waals surface area (Å²) in [5.74, 6) is 0.545. The lowest BCUT2D eigenvalue weighted by Crippen LogP contribution is -2.40. The Morgan fingerprint density at radius 2 is 2.22 bits per heavy atom. The van der Waals surface area contributed by atoms with E-state index in [1.165, 1.54) is 0 Å². The van der Waals surface area contributed by atoms with Crippen LogP contribution >= 0.6 is 0 Å². The van der Waals surface area contributed by atoms with Gasteiger partial charge in [-0.3, -0.25) is 15.4 Å². The Morgan fingerprint density at radius 1 is 1.56 bits per heavy atom. The molecule has 7 nitrogen and oxygen atoms in total. The minimum Gasteiger partial charge on any atom is -0.383 e. The summed E-state index contributed by atoms with van der Waals surface area (Å²) in [7, 11) is 4.98. The highest BCUT2D eigenvalue weighted by Crippen LogP contribution is 1.98. The molecule has 0 atom stereocenters. The topological polar surface area (TPSA) is 102 Å². The number of hydrazine groups is 2. The van der Waals surface area contributed by atoms with Crippen LogP contribution in [0.25, 0.3) is 0 Å². The molecule has 0 aliphatic carbocycles. The minimum atomic E-state index is 0.189. The van der Waals surface area contributed by atoms with Gasteiger partial charge >= 0.3 is 0 Å². The summed E-state index contributed by atoms with van der Waals surface area (Å²) < 4.78 is 0. The van der Waals surface area contributed by atoms with E-state index >= 15 is 0 Å². The molecule has 0 unspecified atom stereocenters. The van der Waals surface area contributed by atoms with Crippen molar-refractivity contribution >= 4 is 5.84 Å². The molecule has 0 aliphatic heterocycles. The Hall–Kier alpha value is -2.46. The van der Waals surface area contributed by atoms with Crippen LogP contribution in [0.3, 0.4) is 0 Å². The summed E-state index contributed by atoms with van der Waals surface area (Å²) in [5, 5.41) is 10.7. The number of hydrogen-bond donors (Lipinski definition) is 4. The molecule has 0 saturated carbocycles. The Morgan fingerprint density at radius 3 is 2.67 bits per heavy atom. The van der Waals surface area contributed by atoms with Crippen LogP contribution in [0, 0.1) is 11.3 Å². The number of nitriles is 1. The molecule has 0 bridgehead atoms. The van der Waals surface area contributed by atoms with Crippen LogP contribution in [-0.2, 0) is 0 Å². The maximum atomic E-state index is 9.08. The van der Waals surface area contributed by atoms with Gasteiger partial charge in [0.1, 0.15) is 17.5 Å². The first-order valence-electron chi connectivity index (χ1n) is 5.19. The second-order valence-corrected chi connectivity index (χ2v) is 3.15. The van der Waals surface area contributed by atoms with Crippen LogP contribution in [0.2, 0.25) is 0 Å². The van der Waals surface area contributed by atoms with Crippen molar-refractivity contribution in [2.45, 2.75) is 0 Å².